The zero-order valence-electron chi connectivity index (χ0n) is 11.8. The summed E-state index contributed by atoms with van der Waals surface area (Å²) in [5.41, 5.74) is 0.800. The number of hydrogen-bond acceptors (Lipinski definition) is 5. The van der Waals surface area contributed by atoms with Crippen LogP contribution in [0.1, 0.15) is 52.5 Å². The highest BCUT2D eigenvalue weighted by atomic mass is 32.1. The number of carboxylic acid groups (broad SMARTS) is 1. The Hall–Kier alpha value is -0.980. The van der Waals surface area contributed by atoms with Crippen molar-refractivity contribution >= 4 is 17.3 Å². The number of nitrogens with zero attached hydrogens (tertiary/aromatic N) is 2. The number of carbonyl (C=O) groups is 1. The fourth-order valence-electron chi connectivity index (χ4n) is 2.42. The van der Waals surface area contributed by atoms with Crippen LogP contribution in [0.25, 0.3) is 0 Å². The molecule has 1 aromatic rings. The van der Waals surface area contributed by atoms with Crippen molar-refractivity contribution in [2.24, 2.45) is 0 Å². The highest BCUT2D eigenvalue weighted by Gasteiger charge is 2.28. The van der Waals surface area contributed by atoms with E-state index in [1.165, 1.54) is 17.8 Å². The molecule has 1 saturated carbocycles. The van der Waals surface area contributed by atoms with Crippen LogP contribution < -0.4 is 0 Å². The number of aromatic carboxylic acids is 1. The summed E-state index contributed by atoms with van der Waals surface area (Å²) in [6, 6.07) is 0. The molecule has 0 unspecified atom stereocenters. The minimum Gasteiger partial charge on any atom is -0.477 e. The summed E-state index contributed by atoms with van der Waals surface area (Å²) in [6.07, 6.45) is 4.06. The normalized spacial score (nSPS) is 15.6. The Balaban J connectivity index is 2.02. The Labute approximate surface area is 123 Å². The maximum absolute atomic E-state index is 11.3. The molecule has 0 aromatic carbocycles. The summed E-state index contributed by atoms with van der Waals surface area (Å²) in [4.78, 5) is 18.4. The molecule has 0 amide bonds. The van der Waals surface area contributed by atoms with Gasteiger partial charge < -0.3 is 15.1 Å². The van der Waals surface area contributed by atoms with Gasteiger partial charge in [-0.15, -0.1) is 11.3 Å². The lowest BCUT2D eigenvalue weighted by molar-refractivity contribution is 0.0699. The summed E-state index contributed by atoms with van der Waals surface area (Å²) >= 11 is 1.32. The third-order valence-electron chi connectivity index (χ3n) is 3.89. The van der Waals surface area contributed by atoms with E-state index in [4.69, 9.17) is 5.11 Å². The summed E-state index contributed by atoms with van der Waals surface area (Å²) in [7, 11) is 0. The molecule has 20 heavy (non-hydrogen) atoms. The van der Waals surface area contributed by atoms with Gasteiger partial charge in [0.25, 0.3) is 0 Å². The molecule has 1 aliphatic carbocycles. The SMILES string of the molecule is CCN(CCO)CCc1nc(C2CCC2)c(C(=O)O)s1. The van der Waals surface area contributed by atoms with E-state index in [-0.39, 0.29) is 6.61 Å². The molecule has 0 atom stereocenters. The van der Waals surface area contributed by atoms with Gasteiger partial charge in [0.05, 0.1) is 17.3 Å². The van der Waals surface area contributed by atoms with Crippen molar-refractivity contribution in [3.8, 4) is 0 Å². The van der Waals surface area contributed by atoms with Gasteiger partial charge in [-0.05, 0) is 19.4 Å². The minimum atomic E-state index is -0.849. The van der Waals surface area contributed by atoms with Crippen LogP contribution in [0.15, 0.2) is 0 Å². The monoisotopic (exact) mass is 298 g/mol. The third-order valence-corrected chi connectivity index (χ3v) is 5.01. The molecule has 1 aliphatic rings. The van der Waals surface area contributed by atoms with Crippen molar-refractivity contribution in [3.05, 3.63) is 15.6 Å². The molecule has 112 valence electrons. The van der Waals surface area contributed by atoms with Crippen molar-refractivity contribution in [2.45, 2.75) is 38.5 Å². The lowest BCUT2D eigenvalue weighted by Gasteiger charge is -2.23. The molecule has 0 spiro atoms. The van der Waals surface area contributed by atoms with Crippen LogP contribution in [0.5, 0.6) is 0 Å². The van der Waals surface area contributed by atoms with Gasteiger partial charge in [0.1, 0.15) is 4.88 Å². The van der Waals surface area contributed by atoms with E-state index in [9.17, 15) is 9.90 Å². The molecule has 2 N–H and O–H groups in total. The topological polar surface area (TPSA) is 73.7 Å². The first-order valence-corrected chi connectivity index (χ1v) is 8.03. The molecule has 1 fully saturated rings. The zero-order chi connectivity index (χ0) is 14.5. The van der Waals surface area contributed by atoms with Crippen molar-refractivity contribution in [1.29, 1.82) is 0 Å². The van der Waals surface area contributed by atoms with Crippen LogP contribution in [-0.2, 0) is 6.42 Å². The molecule has 2 rings (SSSR count). The predicted molar refractivity (Wildman–Crippen MR) is 78.6 cm³/mol. The number of likely N-dealkylation sites (N-methyl/N-ethyl adjacent to an activating group) is 1. The van der Waals surface area contributed by atoms with Crippen molar-refractivity contribution in [2.75, 3.05) is 26.2 Å². The molecule has 0 saturated heterocycles. The smallest absolute Gasteiger partial charge is 0.347 e. The molecule has 6 heteroatoms. The molecule has 0 bridgehead atoms. The highest BCUT2D eigenvalue weighted by Crippen LogP contribution is 2.39. The second-order valence-electron chi connectivity index (χ2n) is 5.16. The first kappa shape index (κ1) is 15.4. The van der Waals surface area contributed by atoms with Gasteiger partial charge in [0.2, 0.25) is 0 Å². The lowest BCUT2D eigenvalue weighted by Crippen LogP contribution is -2.28. The van der Waals surface area contributed by atoms with E-state index in [1.54, 1.807) is 0 Å². The molecular formula is C14H22N2O3S. The highest BCUT2D eigenvalue weighted by molar-refractivity contribution is 7.13. The van der Waals surface area contributed by atoms with Gasteiger partial charge >= 0.3 is 5.97 Å². The van der Waals surface area contributed by atoms with Crippen molar-refractivity contribution in [1.82, 2.24) is 9.88 Å². The van der Waals surface area contributed by atoms with E-state index in [0.717, 1.165) is 43.1 Å². The van der Waals surface area contributed by atoms with E-state index >= 15 is 0 Å². The number of thiazole rings is 1. The number of carboxylic acids is 1. The van der Waals surface area contributed by atoms with Crippen LogP contribution >= 0.6 is 11.3 Å². The third kappa shape index (κ3) is 3.56. The van der Waals surface area contributed by atoms with Gasteiger partial charge in [-0.25, -0.2) is 9.78 Å². The molecule has 1 heterocycles. The number of aromatic nitrogens is 1. The average Bonchev–Trinajstić information content (AvgIpc) is 2.76. The fourth-order valence-corrected chi connectivity index (χ4v) is 3.40. The number of aliphatic hydroxyl groups is 1. The molecular weight excluding hydrogens is 276 g/mol. The van der Waals surface area contributed by atoms with Crippen LogP contribution in [0.3, 0.4) is 0 Å². The summed E-state index contributed by atoms with van der Waals surface area (Å²) in [6.45, 7) is 4.56. The molecule has 1 aromatic heterocycles. The fraction of sp³-hybridized carbons (Fsp3) is 0.714. The Bertz CT molecular complexity index is 457. The van der Waals surface area contributed by atoms with E-state index in [1.807, 2.05) is 0 Å². The van der Waals surface area contributed by atoms with Gasteiger partial charge in [0, 0.05) is 25.4 Å². The van der Waals surface area contributed by atoms with Crippen LogP contribution in [0.2, 0.25) is 0 Å². The second kappa shape index (κ2) is 7.15. The maximum atomic E-state index is 11.3. The number of rotatable bonds is 8. The van der Waals surface area contributed by atoms with Gasteiger partial charge in [-0.1, -0.05) is 13.3 Å². The summed E-state index contributed by atoms with van der Waals surface area (Å²) < 4.78 is 0. The van der Waals surface area contributed by atoms with Crippen molar-refractivity contribution in [3.63, 3.8) is 0 Å². The summed E-state index contributed by atoms with van der Waals surface area (Å²) in [5.74, 6) is -0.496. The quantitative estimate of drug-likeness (QED) is 0.767. The first-order chi connectivity index (χ1) is 9.65. The van der Waals surface area contributed by atoms with E-state index < -0.39 is 5.97 Å². The first-order valence-electron chi connectivity index (χ1n) is 7.21. The van der Waals surface area contributed by atoms with Gasteiger partial charge in [0.15, 0.2) is 0 Å². The van der Waals surface area contributed by atoms with Gasteiger partial charge in [-0.3, -0.25) is 0 Å². The average molecular weight is 298 g/mol. The zero-order valence-corrected chi connectivity index (χ0v) is 12.7. The minimum absolute atomic E-state index is 0.152. The van der Waals surface area contributed by atoms with Crippen LogP contribution in [0, 0.1) is 0 Å². The summed E-state index contributed by atoms with van der Waals surface area (Å²) in [5, 5.41) is 19.2. The van der Waals surface area contributed by atoms with Gasteiger partial charge in [-0.2, -0.15) is 0 Å². The lowest BCUT2D eigenvalue weighted by atomic mass is 9.82. The Morgan fingerprint density at radius 2 is 2.20 bits per heavy atom. The Morgan fingerprint density at radius 3 is 2.70 bits per heavy atom. The van der Waals surface area contributed by atoms with Crippen LogP contribution in [0.4, 0.5) is 0 Å². The standard InChI is InChI=1S/C14H22N2O3S/c1-2-16(8-9-17)7-6-11-15-12(10-4-3-5-10)13(20-11)14(18)19/h10,17H,2-9H2,1H3,(H,18,19). The molecule has 0 aliphatic heterocycles. The Morgan fingerprint density at radius 1 is 1.45 bits per heavy atom. The van der Waals surface area contributed by atoms with Crippen LogP contribution in [-0.4, -0.2) is 52.3 Å². The Kier molecular flexibility index (Phi) is 5.51. The maximum Gasteiger partial charge on any atom is 0.347 e. The van der Waals surface area contributed by atoms with E-state index in [0.29, 0.717) is 17.3 Å². The largest absolute Gasteiger partial charge is 0.477 e. The number of aliphatic hydroxyl groups excluding tert-OH is 1. The molecule has 0 radical (unpaired) electrons. The van der Waals surface area contributed by atoms with Crippen molar-refractivity contribution < 1.29 is 15.0 Å². The molecule has 5 nitrogen and oxygen atoms in total. The second-order valence-corrected chi connectivity index (χ2v) is 6.25. The van der Waals surface area contributed by atoms with E-state index in [2.05, 4.69) is 16.8 Å². The predicted octanol–water partition coefficient (Wildman–Crippen LogP) is 1.97. The number of hydrogen-bond donors (Lipinski definition) is 2.